The lowest BCUT2D eigenvalue weighted by molar-refractivity contribution is 0.366. The molecule has 1 aliphatic rings. The monoisotopic (exact) mass is 330 g/mol. The number of fused-ring (bicyclic) bond motifs is 1. The van der Waals surface area contributed by atoms with Crippen LogP contribution in [0.3, 0.4) is 0 Å². The van der Waals surface area contributed by atoms with Crippen LogP contribution < -0.4 is 4.90 Å². The van der Waals surface area contributed by atoms with Crippen LogP contribution in [0, 0.1) is 0 Å². The number of halogens is 1. The predicted octanol–water partition coefficient (Wildman–Crippen LogP) is 2.05. The molecule has 0 N–H and O–H groups in total. The second-order valence-corrected chi connectivity index (χ2v) is 5.68. The Morgan fingerprint density at radius 3 is 2.80 bits per heavy atom. The van der Waals surface area contributed by atoms with Crippen LogP contribution >= 0.6 is 15.9 Å². The van der Waals surface area contributed by atoms with E-state index in [0.29, 0.717) is 11.7 Å². The molecule has 4 heterocycles. The van der Waals surface area contributed by atoms with Gasteiger partial charge in [-0.25, -0.2) is 9.97 Å². The topological polar surface area (TPSA) is 59.7 Å². The first-order valence-electron chi connectivity index (χ1n) is 6.32. The Balaban J connectivity index is 1.54. The molecule has 100 valence electrons. The first-order chi connectivity index (χ1) is 9.79. The molecule has 4 rings (SSSR count). The average molecular weight is 331 g/mol. The Hall–Kier alpha value is -2.02. The van der Waals surface area contributed by atoms with Crippen molar-refractivity contribution < 1.29 is 0 Å². The van der Waals surface area contributed by atoms with Crippen LogP contribution in [0.2, 0.25) is 0 Å². The molecule has 0 bridgehead atoms. The summed E-state index contributed by atoms with van der Waals surface area (Å²) in [5, 5.41) is 4.32. The van der Waals surface area contributed by atoms with Crippen molar-refractivity contribution >= 4 is 32.9 Å². The van der Waals surface area contributed by atoms with E-state index in [1.807, 2.05) is 29.2 Å². The highest BCUT2D eigenvalue weighted by molar-refractivity contribution is 9.10. The van der Waals surface area contributed by atoms with E-state index in [4.69, 9.17) is 0 Å². The molecule has 0 saturated carbocycles. The van der Waals surface area contributed by atoms with E-state index in [-0.39, 0.29) is 0 Å². The van der Waals surface area contributed by atoms with E-state index >= 15 is 0 Å². The quantitative estimate of drug-likeness (QED) is 0.719. The summed E-state index contributed by atoms with van der Waals surface area (Å²) in [5.74, 6) is 0.945. The molecular formula is C13H11BrN6. The lowest BCUT2D eigenvalue weighted by Gasteiger charge is -2.40. The van der Waals surface area contributed by atoms with Gasteiger partial charge in [0.2, 0.25) is 0 Å². The fourth-order valence-electron chi connectivity index (χ4n) is 2.34. The maximum absolute atomic E-state index is 4.54. The zero-order valence-electron chi connectivity index (χ0n) is 10.5. The molecule has 1 aliphatic heterocycles. The van der Waals surface area contributed by atoms with Crippen molar-refractivity contribution in [2.75, 3.05) is 18.0 Å². The van der Waals surface area contributed by atoms with Gasteiger partial charge in [-0.05, 0) is 28.1 Å². The minimum atomic E-state index is 0.403. The van der Waals surface area contributed by atoms with Crippen LogP contribution in [0.15, 0.2) is 41.4 Å². The molecule has 3 aromatic rings. The molecule has 7 heteroatoms. The highest BCUT2D eigenvalue weighted by Gasteiger charge is 2.29. The number of nitrogens with zero attached hydrogens (tertiary/aromatic N) is 6. The Labute approximate surface area is 123 Å². The third kappa shape index (κ3) is 1.94. The third-order valence-electron chi connectivity index (χ3n) is 3.45. The second-order valence-electron chi connectivity index (χ2n) is 4.77. The fraction of sp³-hybridized carbons (Fsp3) is 0.231. The van der Waals surface area contributed by atoms with Gasteiger partial charge in [0.25, 0.3) is 0 Å². The third-order valence-corrected chi connectivity index (χ3v) is 3.86. The minimum Gasteiger partial charge on any atom is -0.352 e. The average Bonchev–Trinajstić information content (AvgIpc) is 2.83. The minimum absolute atomic E-state index is 0.403. The van der Waals surface area contributed by atoms with Crippen LogP contribution in [-0.4, -0.2) is 37.8 Å². The zero-order valence-corrected chi connectivity index (χ0v) is 12.1. The summed E-state index contributed by atoms with van der Waals surface area (Å²) in [6, 6.07) is 4.36. The first-order valence-corrected chi connectivity index (χ1v) is 7.11. The van der Waals surface area contributed by atoms with Crippen LogP contribution in [0.4, 0.5) is 5.82 Å². The molecular weight excluding hydrogens is 320 g/mol. The second kappa shape index (κ2) is 4.52. The largest absolute Gasteiger partial charge is 0.352 e. The molecule has 0 aromatic carbocycles. The highest BCUT2D eigenvalue weighted by atomic mass is 79.9. The lowest BCUT2D eigenvalue weighted by Crippen LogP contribution is -2.48. The predicted molar refractivity (Wildman–Crippen MR) is 78.5 cm³/mol. The summed E-state index contributed by atoms with van der Waals surface area (Å²) in [6.07, 6.45) is 7.16. The van der Waals surface area contributed by atoms with Gasteiger partial charge in [-0.15, -0.1) is 0 Å². The van der Waals surface area contributed by atoms with Gasteiger partial charge in [-0.1, -0.05) is 0 Å². The summed E-state index contributed by atoms with van der Waals surface area (Å²) in [6.45, 7) is 1.82. The standard InChI is InChI=1S/C13H11BrN6/c14-9-5-17-20(6-9)10-7-19(8-10)12-2-1-11-13(18-12)16-4-3-15-11/h1-6,10H,7-8H2. The molecule has 0 spiro atoms. The molecule has 3 aromatic heterocycles. The lowest BCUT2D eigenvalue weighted by atomic mass is 10.1. The SMILES string of the molecule is Brc1cnn(C2CN(c3ccc4nccnc4n3)C2)c1. The summed E-state index contributed by atoms with van der Waals surface area (Å²) in [4.78, 5) is 15.2. The molecule has 20 heavy (non-hydrogen) atoms. The van der Waals surface area contributed by atoms with Gasteiger partial charge < -0.3 is 4.90 Å². The van der Waals surface area contributed by atoms with Crippen molar-refractivity contribution in [1.29, 1.82) is 0 Å². The fourth-order valence-corrected chi connectivity index (χ4v) is 2.65. The van der Waals surface area contributed by atoms with E-state index < -0.39 is 0 Å². The van der Waals surface area contributed by atoms with Gasteiger partial charge in [-0.3, -0.25) is 9.67 Å². The molecule has 0 aliphatic carbocycles. The molecule has 6 nitrogen and oxygen atoms in total. The zero-order chi connectivity index (χ0) is 13.5. The number of pyridine rings is 1. The molecule has 0 atom stereocenters. The summed E-state index contributed by atoms with van der Waals surface area (Å²) < 4.78 is 3.00. The van der Waals surface area contributed by atoms with Gasteiger partial charge in [0, 0.05) is 31.7 Å². The number of hydrogen-bond acceptors (Lipinski definition) is 5. The van der Waals surface area contributed by atoms with Crippen LogP contribution in [-0.2, 0) is 0 Å². The maximum atomic E-state index is 4.54. The van der Waals surface area contributed by atoms with Crippen molar-refractivity contribution in [3.63, 3.8) is 0 Å². The van der Waals surface area contributed by atoms with Gasteiger partial charge >= 0.3 is 0 Å². The van der Waals surface area contributed by atoms with Gasteiger partial charge in [0.15, 0.2) is 5.65 Å². The maximum Gasteiger partial charge on any atom is 0.180 e. The van der Waals surface area contributed by atoms with Crippen molar-refractivity contribution in [1.82, 2.24) is 24.7 Å². The Morgan fingerprint density at radius 2 is 2.00 bits per heavy atom. The van der Waals surface area contributed by atoms with Crippen LogP contribution in [0.1, 0.15) is 6.04 Å². The molecule has 0 radical (unpaired) electrons. The van der Waals surface area contributed by atoms with Gasteiger partial charge in [0.1, 0.15) is 11.3 Å². The Bertz CT molecular complexity index is 764. The van der Waals surface area contributed by atoms with Crippen molar-refractivity contribution in [2.45, 2.75) is 6.04 Å². The summed E-state index contributed by atoms with van der Waals surface area (Å²) in [7, 11) is 0. The van der Waals surface area contributed by atoms with Crippen molar-refractivity contribution in [3.05, 3.63) is 41.4 Å². The number of rotatable bonds is 2. The molecule has 0 unspecified atom stereocenters. The van der Waals surface area contributed by atoms with E-state index in [0.717, 1.165) is 28.9 Å². The number of aromatic nitrogens is 5. The molecule has 1 fully saturated rings. The van der Waals surface area contributed by atoms with Crippen molar-refractivity contribution in [3.8, 4) is 0 Å². The first kappa shape index (κ1) is 11.8. The summed E-state index contributed by atoms with van der Waals surface area (Å²) >= 11 is 3.42. The van der Waals surface area contributed by atoms with E-state index in [1.165, 1.54) is 0 Å². The number of hydrogen-bond donors (Lipinski definition) is 0. The normalized spacial score (nSPS) is 15.6. The van der Waals surface area contributed by atoms with Gasteiger partial charge in [-0.2, -0.15) is 5.10 Å². The molecule has 0 amide bonds. The Kier molecular flexibility index (Phi) is 2.66. The van der Waals surface area contributed by atoms with Gasteiger partial charge in [0.05, 0.1) is 16.7 Å². The Morgan fingerprint density at radius 1 is 1.15 bits per heavy atom. The van der Waals surface area contributed by atoms with E-state index in [2.05, 4.69) is 40.9 Å². The molecule has 1 saturated heterocycles. The van der Waals surface area contributed by atoms with Crippen LogP contribution in [0.25, 0.3) is 11.2 Å². The summed E-state index contributed by atoms with van der Waals surface area (Å²) in [5.41, 5.74) is 1.51. The van der Waals surface area contributed by atoms with E-state index in [1.54, 1.807) is 12.4 Å². The van der Waals surface area contributed by atoms with Crippen LogP contribution in [0.5, 0.6) is 0 Å². The smallest absolute Gasteiger partial charge is 0.180 e. The van der Waals surface area contributed by atoms with E-state index in [9.17, 15) is 0 Å². The van der Waals surface area contributed by atoms with Crippen molar-refractivity contribution in [2.24, 2.45) is 0 Å². The number of anilines is 1. The highest BCUT2D eigenvalue weighted by Crippen LogP contribution is 2.27.